The van der Waals surface area contributed by atoms with Crippen LogP contribution in [0.4, 0.5) is 5.82 Å². The van der Waals surface area contributed by atoms with Crippen molar-refractivity contribution >= 4 is 58.3 Å². The fourth-order valence-corrected chi connectivity index (χ4v) is 5.05. The number of hydrogen-bond donors (Lipinski definition) is 1. The van der Waals surface area contributed by atoms with E-state index in [1.807, 2.05) is 19.0 Å². The van der Waals surface area contributed by atoms with Gasteiger partial charge in [-0.05, 0) is 57.2 Å². The molecule has 0 spiro atoms. The molecule has 1 aliphatic rings. The number of likely N-dealkylation sites (N-methyl/N-ethyl adjacent to an activating group) is 1. The van der Waals surface area contributed by atoms with Gasteiger partial charge in [0.2, 0.25) is 0 Å². The van der Waals surface area contributed by atoms with E-state index >= 15 is 0 Å². The summed E-state index contributed by atoms with van der Waals surface area (Å²) in [5.41, 5.74) is 0.243. The molecule has 3 heterocycles. The maximum atomic E-state index is 13.0. The highest BCUT2D eigenvalue weighted by atomic mass is 35.5. The van der Waals surface area contributed by atoms with Crippen molar-refractivity contribution in [2.75, 3.05) is 33.0 Å². The molecule has 1 amide bonds. The van der Waals surface area contributed by atoms with E-state index in [1.54, 1.807) is 41.8 Å². The fourth-order valence-electron chi connectivity index (χ4n) is 2.67. The zero-order valence-electron chi connectivity index (χ0n) is 16.3. The Morgan fingerprint density at radius 2 is 2.14 bits per heavy atom. The standard InChI is InChI=1S/C19H21ClN4O3S2/c1-23(2)10-6-8-15(25)27-17-16(19(26)22-14-7-4-5-9-21-14)24(3)29-12-11-13(20)28-18(12)17/h4-5,7,9,11H,6,8,10H2,1-3H3,(H,21,22,26). The Balaban J connectivity index is 1.89. The first-order valence-electron chi connectivity index (χ1n) is 8.88. The van der Waals surface area contributed by atoms with Crippen LogP contribution in [0.3, 0.4) is 0 Å². The highest BCUT2D eigenvalue weighted by Gasteiger charge is 2.33. The molecule has 1 aliphatic heterocycles. The van der Waals surface area contributed by atoms with E-state index in [4.69, 9.17) is 16.3 Å². The monoisotopic (exact) mass is 452 g/mol. The molecule has 29 heavy (non-hydrogen) atoms. The lowest BCUT2D eigenvalue weighted by atomic mass is 10.2. The predicted molar refractivity (Wildman–Crippen MR) is 117 cm³/mol. The number of carbonyl (C=O) groups excluding carboxylic acids is 2. The predicted octanol–water partition coefficient (Wildman–Crippen LogP) is 3.94. The van der Waals surface area contributed by atoms with Crippen LogP contribution in [-0.4, -0.2) is 53.8 Å². The number of amides is 1. The molecule has 10 heteroatoms. The van der Waals surface area contributed by atoms with E-state index in [1.165, 1.54) is 23.3 Å². The fraction of sp³-hybridized carbons (Fsp3) is 0.316. The summed E-state index contributed by atoms with van der Waals surface area (Å²) in [6.45, 7) is 0.771. The molecule has 0 aliphatic carbocycles. The lowest BCUT2D eigenvalue weighted by molar-refractivity contribution is -0.136. The Morgan fingerprint density at radius 3 is 2.83 bits per heavy atom. The minimum atomic E-state index is -0.412. The van der Waals surface area contributed by atoms with Gasteiger partial charge in [-0.25, -0.2) is 4.98 Å². The quantitative estimate of drug-likeness (QED) is 0.503. The number of thiophene rings is 1. The molecule has 0 saturated carbocycles. The number of rotatable bonds is 7. The van der Waals surface area contributed by atoms with Crippen molar-refractivity contribution in [3.8, 4) is 0 Å². The summed E-state index contributed by atoms with van der Waals surface area (Å²) in [4.78, 5) is 33.1. The van der Waals surface area contributed by atoms with Gasteiger partial charge in [-0.3, -0.25) is 9.59 Å². The average molecular weight is 453 g/mol. The number of carbonyl (C=O) groups is 2. The van der Waals surface area contributed by atoms with Crippen molar-refractivity contribution in [1.29, 1.82) is 0 Å². The molecule has 0 saturated heterocycles. The number of halogens is 1. The van der Waals surface area contributed by atoms with E-state index < -0.39 is 5.91 Å². The third kappa shape index (κ3) is 5.51. The van der Waals surface area contributed by atoms with Crippen LogP contribution in [0.15, 0.2) is 41.1 Å². The Hall–Kier alpha value is -2.07. The lowest BCUT2D eigenvalue weighted by Crippen LogP contribution is -2.28. The molecule has 7 nitrogen and oxygen atoms in total. The first kappa shape index (κ1) is 21.6. The molecule has 2 aromatic rings. The van der Waals surface area contributed by atoms with Crippen molar-refractivity contribution in [3.63, 3.8) is 0 Å². The highest BCUT2D eigenvalue weighted by Crippen LogP contribution is 2.46. The molecule has 0 unspecified atom stereocenters. The molecule has 0 aromatic carbocycles. The van der Waals surface area contributed by atoms with Gasteiger partial charge in [-0.15, -0.1) is 11.3 Å². The normalized spacial score (nSPS) is 13.5. The molecule has 1 N–H and O–H groups in total. The van der Waals surface area contributed by atoms with Gasteiger partial charge in [-0.1, -0.05) is 17.7 Å². The number of ether oxygens (including phenoxy) is 1. The number of anilines is 1. The first-order chi connectivity index (χ1) is 13.8. The van der Waals surface area contributed by atoms with Crippen LogP contribution < -0.4 is 5.32 Å². The third-order valence-electron chi connectivity index (χ3n) is 3.96. The second-order valence-corrected chi connectivity index (χ2v) is 9.41. The summed E-state index contributed by atoms with van der Waals surface area (Å²) in [5.74, 6) is -0.165. The molecule has 0 radical (unpaired) electrons. The van der Waals surface area contributed by atoms with E-state index in [9.17, 15) is 9.59 Å². The van der Waals surface area contributed by atoms with Crippen molar-refractivity contribution in [1.82, 2.24) is 14.2 Å². The van der Waals surface area contributed by atoms with Crippen molar-refractivity contribution in [2.45, 2.75) is 17.7 Å². The van der Waals surface area contributed by atoms with Crippen molar-refractivity contribution in [3.05, 3.63) is 45.4 Å². The Morgan fingerprint density at radius 1 is 1.34 bits per heavy atom. The molecule has 0 bridgehead atoms. The summed E-state index contributed by atoms with van der Waals surface area (Å²) in [7, 11) is 5.63. The van der Waals surface area contributed by atoms with Gasteiger partial charge >= 0.3 is 5.97 Å². The van der Waals surface area contributed by atoms with Crippen LogP contribution in [0.25, 0.3) is 5.76 Å². The second-order valence-electron chi connectivity index (χ2n) is 6.56. The second kappa shape index (κ2) is 9.62. The molecule has 0 fully saturated rings. The Bertz CT molecular complexity index is 931. The summed E-state index contributed by atoms with van der Waals surface area (Å²) in [6, 6.07) is 7.03. The SMILES string of the molecule is CN(C)CCCC(=O)OC1=C(C(=O)Nc2ccccn2)N(C)Sc2cc(Cl)sc21. The van der Waals surface area contributed by atoms with Crippen LogP contribution in [0, 0.1) is 0 Å². The van der Waals surface area contributed by atoms with E-state index in [0.29, 0.717) is 21.5 Å². The minimum absolute atomic E-state index is 0.224. The maximum Gasteiger partial charge on any atom is 0.311 e. The number of esters is 1. The number of hydrogen-bond acceptors (Lipinski definition) is 8. The number of aromatic nitrogens is 1. The van der Waals surface area contributed by atoms with Gasteiger partial charge < -0.3 is 19.3 Å². The Kier molecular flexibility index (Phi) is 7.18. The number of pyridine rings is 1. The van der Waals surface area contributed by atoms with Gasteiger partial charge in [0.05, 0.1) is 14.1 Å². The largest absolute Gasteiger partial charge is 0.422 e. The molecule has 154 valence electrons. The van der Waals surface area contributed by atoms with Gasteiger partial charge in [0.25, 0.3) is 5.91 Å². The number of nitrogens with zero attached hydrogens (tertiary/aromatic N) is 3. The lowest BCUT2D eigenvalue weighted by Gasteiger charge is -2.27. The van der Waals surface area contributed by atoms with Crippen LogP contribution in [0.5, 0.6) is 0 Å². The van der Waals surface area contributed by atoms with E-state index in [-0.39, 0.29) is 23.8 Å². The highest BCUT2D eigenvalue weighted by molar-refractivity contribution is 7.97. The molecular weight excluding hydrogens is 432 g/mol. The van der Waals surface area contributed by atoms with Crippen molar-refractivity contribution in [2.24, 2.45) is 0 Å². The van der Waals surface area contributed by atoms with Crippen LogP contribution in [-0.2, 0) is 14.3 Å². The zero-order chi connectivity index (χ0) is 21.0. The van der Waals surface area contributed by atoms with Crippen LogP contribution in [0.1, 0.15) is 17.7 Å². The van der Waals surface area contributed by atoms with E-state index in [2.05, 4.69) is 10.3 Å². The van der Waals surface area contributed by atoms with Gasteiger partial charge in [0.15, 0.2) is 11.5 Å². The summed E-state index contributed by atoms with van der Waals surface area (Å²) in [5, 5.41) is 2.75. The first-order valence-corrected chi connectivity index (χ1v) is 10.9. The molecule has 0 atom stereocenters. The third-order valence-corrected chi connectivity index (χ3v) is 6.33. The van der Waals surface area contributed by atoms with Crippen LogP contribution in [0.2, 0.25) is 4.34 Å². The minimum Gasteiger partial charge on any atom is -0.422 e. The summed E-state index contributed by atoms with van der Waals surface area (Å²) >= 11 is 8.82. The summed E-state index contributed by atoms with van der Waals surface area (Å²) < 4.78 is 7.92. The Labute approximate surface area is 182 Å². The van der Waals surface area contributed by atoms with Gasteiger partial charge in [0.1, 0.15) is 5.82 Å². The topological polar surface area (TPSA) is 74.8 Å². The van der Waals surface area contributed by atoms with E-state index in [0.717, 1.165) is 11.4 Å². The molecule has 2 aromatic heterocycles. The average Bonchev–Trinajstić information content (AvgIpc) is 3.02. The van der Waals surface area contributed by atoms with Crippen LogP contribution >= 0.6 is 34.9 Å². The smallest absolute Gasteiger partial charge is 0.311 e. The van der Waals surface area contributed by atoms with Crippen molar-refractivity contribution < 1.29 is 14.3 Å². The summed E-state index contributed by atoms with van der Waals surface area (Å²) in [6.07, 6.45) is 2.51. The number of fused-ring (bicyclic) bond motifs is 1. The molecule has 3 rings (SSSR count). The number of nitrogens with one attached hydrogen (secondary N) is 1. The molecular formula is C19H21ClN4O3S2. The maximum absolute atomic E-state index is 13.0. The van der Waals surface area contributed by atoms with Gasteiger partial charge in [0, 0.05) is 19.7 Å². The zero-order valence-corrected chi connectivity index (χ0v) is 18.7. The van der Waals surface area contributed by atoms with Gasteiger partial charge in [-0.2, -0.15) is 0 Å².